The van der Waals surface area contributed by atoms with Crippen LogP contribution >= 0.6 is 11.6 Å². The summed E-state index contributed by atoms with van der Waals surface area (Å²) in [6.45, 7) is 0.257. The molecule has 1 amide bonds. The molecule has 1 N–H and O–H groups in total. The monoisotopic (exact) mass is 415 g/mol. The average molecular weight is 416 g/mol. The number of hydrogen-bond donors (Lipinski definition) is 1. The largest absolute Gasteiger partial charge is 0.351 e. The number of nitrogens with one attached hydrogen (secondary N) is 1. The summed E-state index contributed by atoms with van der Waals surface area (Å²) >= 11 is 5.97. The van der Waals surface area contributed by atoms with Crippen molar-refractivity contribution in [2.24, 2.45) is 0 Å². The summed E-state index contributed by atoms with van der Waals surface area (Å²) in [5.74, 6) is -0.786. The molecule has 0 unspecified atom stereocenters. The number of amides is 1. The molecule has 0 saturated heterocycles. The second-order valence-corrected chi connectivity index (χ2v) is 8.23. The van der Waals surface area contributed by atoms with Crippen molar-refractivity contribution < 1.29 is 13.4 Å². The maximum atomic E-state index is 13.1. The van der Waals surface area contributed by atoms with Gasteiger partial charge in [0.25, 0.3) is 0 Å². The van der Waals surface area contributed by atoms with Gasteiger partial charge in [-0.25, -0.2) is 4.39 Å². The Morgan fingerprint density at radius 2 is 1.54 bits per heavy atom. The maximum absolute atomic E-state index is 13.1. The van der Waals surface area contributed by atoms with E-state index >= 15 is 0 Å². The summed E-state index contributed by atoms with van der Waals surface area (Å²) in [5.41, 5.74) is 2.48. The quantitative estimate of drug-likeness (QED) is 0.611. The average Bonchev–Trinajstić information content (AvgIpc) is 2.70. The molecule has 0 heterocycles. The number of hydrogen-bond acceptors (Lipinski definition) is 2. The van der Waals surface area contributed by atoms with E-state index in [-0.39, 0.29) is 24.0 Å². The van der Waals surface area contributed by atoms with Crippen LogP contribution in [-0.4, -0.2) is 15.9 Å². The summed E-state index contributed by atoms with van der Waals surface area (Å²) in [4.78, 5) is 12.3. The van der Waals surface area contributed by atoms with Crippen molar-refractivity contribution in [1.82, 2.24) is 5.32 Å². The van der Waals surface area contributed by atoms with Crippen molar-refractivity contribution >= 4 is 28.3 Å². The first-order valence-corrected chi connectivity index (χ1v) is 10.5. The predicted molar refractivity (Wildman–Crippen MR) is 111 cm³/mol. The van der Waals surface area contributed by atoms with Crippen molar-refractivity contribution in [1.29, 1.82) is 0 Å². The van der Waals surface area contributed by atoms with Gasteiger partial charge in [0, 0.05) is 22.4 Å². The lowest BCUT2D eigenvalue weighted by Crippen LogP contribution is -2.29. The van der Waals surface area contributed by atoms with Gasteiger partial charge in [0.2, 0.25) is 5.91 Å². The summed E-state index contributed by atoms with van der Waals surface area (Å²) in [6.07, 6.45) is 0. The summed E-state index contributed by atoms with van der Waals surface area (Å²) < 4.78 is 26.0. The molecule has 3 nitrogen and oxygen atoms in total. The van der Waals surface area contributed by atoms with Gasteiger partial charge in [-0.1, -0.05) is 66.2 Å². The SMILES string of the molecule is O=C(C[S@](=O)[C@H](c1ccccc1)c1ccc(Cl)cc1)NCc1ccc(F)cc1. The maximum Gasteiger partial charge on any atom is 0.232 e. The molecule has 0 fully saturated rings. The molecule has 28 heavy (non-hydrogen) atoms. The molecule has 0 radical (unpaired) electrons. The third-order valence-electron chi connectivity index (χ3n) is 4.21. The van der Waals surface area contributed by atoms with E-state index in [0.29, 0.717) is 5.02 Å². The molecule has 3 aromatic rings. The molecular weight excluding hydrogens is 397 g/mol. The van der Waals surface area contributed by atoms with Gasteiger partial charge in [-0.05, 0) is 41.0 Å². The molecular formula is C22H19ClFNO2S. The van der Waals surface area contributed by atoms with E-state index in [1.54, 1.807) is 24.3 Å². The molecule has 6 heteroatoms. The molecule has 0 aromatic heterocycles. The van der Waals surface area contributed by atoms with E-state index in [1.807, 2.05) is 42.5 Å². The minimum atomic E-state index is -1.47. The first-order chi connectivity index (χ1) is 13.5. The van der Waals surface area contributed by atoms with Gasteiger partial charge >= 0.3 is 0 Å². The standard InChI is InChI=1S/C22H19ClFNO2S/c23-19-10-8-18(9-11-19)22(17-4-2-1-3-5-17)28(27)15-21(26)25-14-16-6-12-20(24)13-7-16/h1-13,22H,14-15H2,(H,25,26)/t22-,28+/m1/s1. The molecule has 144 valence electrons. The lowest BCUT2D eigenvalue weighted by molar-refractivity contribution is -0.118. The Bertz CT molecular complexity index is 947. The molecule has 3 aromatic carbocycles. The Morgan fingerprint density at radius 1 is 0.929 bits per heavy atom. The molecule has 2 atom stereocenters. The predicted octanol–water partition coefficient (Wildman–Crippen LogP) is 4.63. The third-order valence-corrected chi connectivity index (χ3v) is 6.08. The van der Waals surface area contributed by atoms with Crippen LogP contribution in [0.15, 0.2) is 78.9 Å². The zero-order chi connectivity index (χ0) is 19.9. The van der Waals surface area contributed by atoms with Crippen LogP contribution in [0.3, 0.4) is 0 Å². The molecule has 0 aliphatic rings. The molecule has 0 bridgehead atoms. The topological polar surface area (TPSA) is 46.2 Å². The van der Waals surface area contributed by atoms with Crippen molar-refractivity contribution in [3.63, 3.8) is 0 Å². The van der Waals surface area contributed by atoms with Crippen LogP contribution in [0.4, 0.5) is 4.39 Å². The minimum Gasteiger partial charge on any atom is -0.351 e. The third kappa shape index (κ3) is 5.50. The fraction of sp³-hybridized carbons (Fsp3) is 0.136. The fourth-order valence-electron chi connectivity index (χ4n) is 2.83. The lowest BCUT2D eigenvalue weighted by atomic mass is 10.0. The number of rotatable bonds is 7. The Morgan fingerprint density at radius 3 is 2.18 bits per heavy atom. The van der Waals surface area contributed by atoms with Gasteiger partial charge in [0.1, 0.15) is 11.6 Å². The van der Waals surface area contributed by atoms with Gasteiger partial charge in [-0.3, -0.25) is 9.00 Å². The van der Waals surface area contributed by atoms with Crippen LogP contribution in [0.2, 0.25) is 5.02 Å². The Hall–Kier alpha value is -2.50. The number of halogens is 2. The Kier molecular flexibility index (Phi) is 6.95. The van der Waals surface area contributed by atoms with Crippen molar-refractivity contribution in [2.75, 3.05) is 5.75 Å². The van der Waals surface area contributed by atoms with E-state index in [4.69, 9.17) is 11.6 Å². The smallest absolute Gasteiger partial charge is 0.232 e. The lowest BCUT2D eigenvalue weighted by Gasteiger charge is -2.18. The summed E-state index contributed by atoms with van der Waals surface area (Å²) in [6, 6.07) is 22.5. The summed E-state index contributed by atoms with van der Waals surface area (Å²) in [5, 5.41) is 2.90. The first-order valence-electron chi connectivity index (χ1n) is 8.71. The van der Waals surface area contributed by atoms with Crippen LogP contribution in [-0.2, 0) is 22.1 Å². The Balaban J connectivity index is 1.71. The van der Waals surface area contributed by atoms with Crippen molar-refractivity contribution in [3.05, 3.63) is 106 Å². The highest BCUT2D eigenvalue weighted by atomic mass is 35.5. The van der Waals surface area contributed by atoms with E-state index in [2.05, 4.69) is 5.32 Å². The zero-order valence-corrected chi connectivity index (χ0v) is 16.6. The molecule has 0 aliphatic heterocycles. The normalized spacial score (nSPS) is 12.9. The van der Waals surface area contributed by atoms with E-state index < -0.39 is 16.0 Å². The van der Waals surface area contributed by atoms with Crippen LogP contribution in [0.1, 0.15) is 21.9 Å². The second kappa shape index (κ2) is 9.62. The molecule has 0 aliphatic carbocycles. The van der Waals surface area contributed by atoms with Gasteiger partial charge in [-0.15, -0.1) is 0 Å². The van der Waals surface area contributed by atoms with Crippen LogP contribution < -0.4 is 5.32 Å². The highest BCUT2D eigenvalue weighted by Crippen LogP contribution is 2.29. The zero-order valence-electron chi connectivity index (χ0n) is 15.0. The van der Waals surface area contributed by atoms with Crippen molar-refractivity contribution in [2.45, 2.75) is 11.8 Å². The van der Waals surface area contributed by atoms with E-state index in [0.717, 1.165) is 16.7 Å². The van der Waals surface area contributed by atoms with Gasteiger partial charge in [0.05, 0.1) is 5.25 Å². The molecule has 0 saturated carbocycles. The molecule has 3 rings (SSSR count). The van der Waals surface area contributed by atoms with Crippen LogP contribution in [0.5, 0.6) is 0 Å². The van der Waals surface area contributed by atoms with Gasteiger partial charge < -0.3 is 5.32 Å². The van der Waals surface area contributed by atoms with Gasteiger partial charge in [0.15, 0.2) is 0 Å². The minimum absolute atomic E-state index is 0.136. The first kappa shape index (κ1) is 20.2. The summed E-state index contributed by atoms with van der Waals surface area (Å²) in [7, 11) is -1.47. The molecule has 0 spiro atoms. The number of benzene rings is 3. The second-order valence-electron chi connectivity index (χ2n) is 6.27. The number of carbonyl (C=O) groups is 1. The van der Waals surface area contributed by atoms with E-state index in [9.17, 15) is 13.4 Å². The number of carbonyl (C=O) groups excluding carboxylic acids is 1. The van der Waals surface area contributed by atoms with E-state index in [1.165, 1.54) is 12.1 Å². The highest BCUT2D eigenvalue weighted by molar-refractivity contribution is 7.86. The van der Waals surface area contributed by atoms with Crippen LogP contribution in [0.25, 0.3) is 0 Å². The van der Waals surface area contributed by atoms with Crippen LogP contribution in [0, 0.1) is 5.82 Å². The van der Waals surface area contributed by atoms with Gasteiger partial charge in [-0.2, -0.15) is 0 Å². The Labute approximate surface area is 171 Å². The highest BCUT2D eigenvalue weighted by Gasteiger charge is 2.23. The van der Waals surface area contributed by atoms with Crippen molar-refractivity contribution in [3.8, 4) is 0 Å². The fourth-order valence-corrected chi connectivity index (χ4v) is 4.40.